The van der Waals surface area contributed by atoms with Crippen LogP contribution in [-0.4, -0.2) is 43.3 Å². The van der Waals surface area contributed by atoms with Crippen LogP contribution in [0.25, 0.3) is 22.1 Å². The van der Waals surface area contributed by atoms with Crippen molar-refractivity contribution in [1.82, 2.24) is 19.9 Å². The minimum atomic E-state index is -0.135. The van der Waals surface area contributed by atoms with E-state index in [1.807, 2.05) is 48.5 Å². The van der Waals surface area contributed by atoms with Gasteiger partial charge in [-0.2, -0.15) is 0 Å². The van der Waals surface area contributed by atoms with E-state index in [2.05, 4.69) is 30.6 Å². The minimum Gasteiger partial charge on any atom is -0.333 e. The number of aromatic amines is 2. The zero-order chi connectivity index (χ0) is 23.3. The average molecular weight is 489 g/mol. The van der Waals surface area contributed by atoms with E-state index < -0.39 is 0 Å². The van der Waals surface area contributed by atoms with Crippen molar-refractivity contribution in [3.63, 3.8) is 0 Å². The lowest BCUT2D eigenvalue weighted by atomic mass is 10.3. The van der Waals surface area contributed by atoms with Crippen molar-refractivity contribution in [3.05, 3.63) is 72.8 Å². The number of anilines is 2. The number of carbonyl (C=O) groups is 2. The van der Waals surface area contributed by atoms with E-state index in [4.69, 9.17) is 0 Å². The van der Waals surface area contributed by atoms with E-state index >= 15 is 0 Å². The number of hydrogen-bond donors (Lipinski definition) is 4. The summed E-state index contributed by atoms with van der Waals surface area (Å²) in [4.78, 5) is 39.9. The summed E-state index contributed by atoms with van der Waals surface area (Å²) >= 11 is 2.69. The Balaban J connectivity index is 1.08. The summed E-state index contributed by atoms with van der Waals surface area (Å²) in [5.74, 6) is 0.197. The first-order valence-electron chi connectivity index (χ1n) is 10.5. The van der Waals surface area contributed by atoms with Gasteiger partial charge in [0.25, 0.3) is 0 Å². The number of imidazole rings is 2. The molecule has 3 aromatic carbocycles. The van der Waals surface area contributed by atoms with E-state index in [-0.39, 0.29) is 23.3 Å². The molecule has 0 radical (unpaired) electrons. The molecule has 0 saturated heterocycles. The number of benzene rings is 3. The number of nitrogens with one attached hydrogen (secondary N) is 4. The molecule has 0 spiro atoms. The van der Waals surface area contributed by atoms with Crippen LogP contribution in [0.15, 0.2) is 83.1 Å². The van der Waals surface area contributed by atoms with Gasteiger partial charge in [0.05, 0.1) is 33.6 Å². The van der Waals surface area contributed by atoms with E-state index in [9.17, 15) is 9.59 Å². The Labute approximate surface area is 203 Å². The molecule has 4 N–H and O–H groups in total. The highest BCUT2D eigenvalue weighted by atomic mass is 32.2. The van der Waals surface area contributed by atoms with Gasteiger partial charge in [-0.3, -0.25) is 9.59 Å². The summed E-state index contributed by atoms with van der Waals surface area (Å²) < 4.78 is 0. The van der Waals surface area contributed by atoms with Crippen molar-refractivity contribution in [2.45, 2.75) is 10.3 Å². The van der Waals surface area contributed by atoms with Crippen LogP contribution in [-0.2, 0) is 9.59 Å². The van der Waals surface area contributed by atoms with Crippen LogP contribution < -0.4 is 10.6 Å². The van der Waals surface area contributed by atoms with Crippen LogP contribution in [0.2, 0.25) is 0 Å². The smallest absolute Gasteiger partial charge is 0.234 e. The zero-order valence-electron chi connectivity index (χ0n) is 17.9. The van der Waals surface area contributed by atoms with Crippen molar-refractivity contribution in [2.24, 2.45) is 0 Å². The van der Waals surface area contributed by atoms with Gasteiger partial charge in [-0.15, -0.1) is 0 Å². The van der Waals surface area contributed by atoms with Crippen molar-refractivity contribution < 1.29 is 9.59 Å². The third-order valence-electron chi connectivity index (χ3n) is 4.87. The Morgan fingerprint density at radius 3 is 1.47 bits per heavy atom. The molecule has 10 heteroatoms. The second kappa shape index (κ2) is 10.0. The molecule has 0 aliphatic heterocycles. The molecule has 0 unspecified atom stereocenters. The molecule has 0 saturated carbocycles. The van der Waals surface area contributed by atoms with Crippen LogP contribution >= 0.6 is 23.5 Å². The van der Waals surface area contributed by atoms with E-state index in [0.29, 0.717) is 21.7 Å². The van der Waals surface area contributed by atoms with Gasteiger partial charge in [-0.05, 0) is 48.5 Å². The van der Waals surface area contributed by atoms with Crippen molar-refractivity contribution in [3.8, 4) is 0 Å². The Morgan fingerprint density at radius 2 is 1.06 bits per heavy atom. The highest BCUT2D eigenvalue weighted by molar-refractivity contribution is 8.00. The minimum absolute atomic E-state index is 0.135. The molecule has 2 amide bonds. The number of H-pyrrole nitrogens is 2. The monoisotopic (exact) mass is 488 g/mol. The summed E-state index contributed by atoms with van der Waals surface area (Å²) in [7, 11) is 0. The predicted octanol–water partition coefficient (Wildman–Crippen LogP) is 4.90. The number of hydrogen-bond acceptors (Lipinski definition) is 6. The molecule has 2 aromatic heterocycles. The van der Waals surface area contributed by atoms with E-state index in [1.165, 1.54) is 23.5 Å². The van der Waals surface area contributed by atoms with Gasteiger partial charge in [0, 0.05) is 11.4 Å². The summed E-state index contributed by atoms with van der Waals surface area (Å²) in [6, 6.07) is 22.5. The van der Waals surface area contributed by atoms with Gasteiger partial charge in [-0.25, -0.2) is 9.97 Å². The summed E-state index contributed by atoms with van der Waals surface area (Å²) in [6.45, 7) is 0. The number of thioether (sulfide) groups is 2. The summed E-state index contributed by atoms with van der Waals surface area (Å²) in [6.07, 6.45) is 0. The van der Waals surface area contributed by atoms with Gasteiger partial charge in [-0.1, -0.05) is 47.8 Å². The first kappa shape index (κ1) is 22.1. The highest BCUT2D eigenvalue weighted by Gasteiger charge is 2.09. The second-order valence-electron chi connectivity index (χ2n) is 7.37. The Kier molecular flexibility index (Phi) is 6.50. The van der Waals surface area contributed by atoms with Gasteiger partial charge in [0.15, 0.2) is 10.3 Å². The maximum Gasteiger partial charge on any atom is 0.234 e. The van der Waals surface area contributed by atoms with Gasteiger partial charge in [0.1, 0.15) is 0 Å². The Morgan fingerprint density at radius 1 is 0.647 bits per heavy atom. The first-order chi connectivity index (χ1) is 16.6. The summed E-state index contributed by atoms with van der Waals surface area (Å²) in [5, 5.41) is 7.12. The predicted molar refractivity (Wildman–Crippen MR) is 137 cm³/mol. The fraction of sp³-hybridized carbons (Fsp3) is 0.0833. The lowest BCUT2D eigenvalue weighted by Crippen LogP contribution is -2.15. The van der Waals surface area contributed by atoms with Crippen LogP contribution in [0.4, 0.5) is 11.4 Å². The molecular weight excluding hydrogens is 468 g/mol. The van der Waals surface area contributed by atoms with Gasteiger partial charge in [0.2, 0.25) is 11.8 Å². The second-order valence-corrected chi connectivity index (χ2v) is 9.30. The van der Waals surface area contributed by atoms with Crippen molar-refractivity contribution >= 4 is 68.8 Å². The maximum atomic E-state index is 12.3. The number of carbonyl (C=O) groups excluding carboxylic acids is 2. The third-order valence-corrected chi connectivity index (χ3v) is 6.61. The largest absolute Gasteiger partial charge is 0.333 e. The lowest BCUT2D eigenvalue weighted by Gasteiger charge is -2.07. The number of nitrogens with zero attached hydrogens (tertiary/aromatic N) is 2. The fourth-order valence-electron chi connectivity index (χ4n) is 3.29. The molecule has 2 heterocycles. The first-order valence-corrected chi connectivity index (χ1v) is 12.4. The van der Waals surface area contributed by atoms with Crippen LogP contribution in [0.5, 0.6) is 0 Å². The van der Waals surface area contributed by atoms with E-state index in [0.717, 1.165) is 22.1 Å². The third kappa shape index (κ3) is 5.41. The number of rotatable bonds is 8. The molecule has 0 atom stereocenters. The Bertz CT molecular complexity index is 1280. The van der Waals surface area contributed by atoms with Gasteiger partial charge < -0.3 is 20.6 Å². The fourth-order valence-corrected chi connectivity index (χ4v) is 4.66. The Hall–Kier alpha value is -3.76. The molecule has 0 aliphatic rings. The topological polar surface area (TPSA) is 116 Å². The van der Waals surface area contributed by atoms with Crippen LogP contribution in [0, 0.1) is 0 Å². The number of amides is 2. The normalized spacial score (nSPS) is 11.1. The maximum absolute atomic E-state index is 12.3. The average Bonchev–Trinajstić information content (AvgIpc) is 3.46. The number of aromatic nitrogens is 4. The molecule has 0 fully saturated rings. The molecule has 8 nitrogen and oxygen atoms in total. The molecule has 0 bridgehead atoms. The zero-order valence-corrected chi connectivity index (χ0v) is 19.5. The molecular formula is C24H20N6O2S2. The van der Waals surface area contributed by atoms with Crippen molar-refractivity contribution in [1.29, 1.82) is 0 Å². The number of para-hydroxylation sites is 4. The summed E-state index contributed by atoms with van der Waals surface area (Å²) in [5.41, 5.74) is 4.95. The molecule has 170 valence electrons. The molecule has 34 heavy (non-hydrogen) atoms. The lowest BCUT2D eigenvalue weighted by molar-refractivity contribution is -0.114. The quantitative estimate of drug-likeness (QED) is 0.231. The SMILES string of the molecule is O=C(CSc1nc2ccccc2[nH]1)Nc1ccc(NC(=O)CSc2nc3ccccc3[nH]2)cc1. The van der Waals surface area contributed by atoms with Gasteiger partial charge >= 0.3 is 0 Å². The van der Waals surface area contributed by atoms with Crippen LogP contribution in [0.3, 0.4) is 0 Å². The molecule has 0 aliphatic carbocycles. The van der Waals surface area contributed by atoms with Crippen LogP contribution in [0.1, 0.15) is 0 Å². The number of fused-ring (bicyclic) bond motifs is 2. The van der Waals surface area contributed by atoms with Crippen molar-refractivity contribution in [2.75, 3.05) is 22.1 Å². The highest BCUT2D eigenvalue weighted by Crippen LogP contribution is 2.21. The van der Waals surface area contributed by atoms with E-state index in [1.54, 1.807) is 24.3 Å². The standard InChI is InChI=1S/C24H20N6O2S2/c31-21(13-33-23-27-17-5-1-2-6-18(17)28-23)25-15-9-11-16(12-10-15)26-22(32)14-34-24-29-19-7-3-4-8-20(19)30-24/h1-12H,13-14H2,(H,25,31)(H,26,32)(H,27,28)(H,29,30). The molecule has 5 rings (SSSR count). The molecule has 5 aromatic rings.